The van der Waals surface area contributed by atoms with Gasteiger partial charge >= 0.3 is 0 Å². The van der Waals surface area contributed by atoms with Crippen molar-refractivity contribution < 1.29 is 0 Å². The van der Waals surface area contributed by atoms with Gasteiger partial charge < -0.3 is 5.73 Å². The second-order valence-corrected chi connectivity index (χ2v) is 10.1. The molecule has 1 saturated carbocycles. The molecule has 21 heavy (non-hydrogen) atoms. The largest absolute Gasteiger partial charge is 0.330 e. The summed E-state index contributed by atoms with van der Waals surface area (Å²) in [5.74, 6) is 1.43. The summed E-state index contributed by atoms with van der Waals surface area (Å²) in [7, 11) is 0. The molecule has 0 spiro atoms. The van der Waals surface area contributed by atoms with E-state index < -0.39 is 0 Å². The van der Waals surface area contributed by atoms with Gasteiger partial charge in [-0.05, 0) is 49.3 Å². The SMILES string of the molecule is CCC(C)(C)C1CCC(CN)C(Sc2nnc(SC)s2)C1. The molecule has 0 saturated heterocycles. The highest BCUT2D eigenvalue weighted by atomic mass is 32.2. The van der Waals surface area contributed by atoms with Gasteiger partial charge in [-0.3, -0.25) is 0 Å². The Kier molecular flexibility index (Phi) is 6.41. The van der Waals surface area contributed by atoms with E-state index in [-0.39, 0.29) is 0 Å². The molecule has 1 fully saturated rings. The van der Waals surface area contributed by atoms with Crippen LogP contribution < -0.4 is 5.73 Å². The van der Waals surface area contributed by atoms with Gasteiger partial charge in [0, 0.05) is 5.25 Å². The average molecular weight is 346 g/mol. The highest BCUT2D eigenvalue weighted by Crippen LogP contribution is 2.47. The van der Waals surface area contributed by atoms with E-state index in [4.69, 9.17) is 5.73 Å². The highest BCUT2D eigenvalue weighted by molar-refractivity contribution is 8.03. The van der Waals surface area contributed by atoms with Gasteiger partial charge in [0.05, 0.1) is 0 Å². The minimum absolute atomic E-state index is 0.434. The number of nitrogens with zero attached hydrogens (tertiary/aromatic N) is 2. The first kappa shape index (κ1) is 17.6. The number of nitrogens with two attached hydrogens (primary N) is 1. The van der Waals surface area contributed by atoms with Gasteiger partial charge in [-0.25, -0.2) is 0 Å². The molecule has 0 bridgehead atoms. The van der Waals surface area contributed by atoms with E-state index in [9.17, 15) is 0 Å². The molecular formula is C15H27N3S3. The Morgan fingerprint density at radius 3 is 2.57 bits per heavy atom. The third-order valence-electron chi connectivity index (χ3n) is 5.06. The predicted octanol–water partition coefficient (Wildman–Crippen LogP) is 4.53. The van der Waals surface area contributed by atoms with Crippen molar-refractivity contribution in [1.82, 2.24) is 10.2 Å². The number of aromatic nitrogens is 2. The molecule has 120 valence electrons. The zero-order chi connectivity index (χ0) is 15.5. The van der Waals surface area contributed by atoms with Crippen molar-refractivity contribution in [3.05, 3.63) is 0 Å². The molecule has 0 aromatic carbocycles. The summed E-state index contributed by atoms with van der Waals surface area (Å²) in [6.45, 7) is 7.94. The number of rotatable bonds is 6. The Morgan fingerprint density at radius 1 is 1.29 bits per heavy atom. The van der Waals surface area contributed by atoms with Crippen molar-refractivity contribution in [1.29, 1.82) is 0 Å². The Bertz CT molecular complexity index is 447. The van der Waals surface area contributed by atoms with E-state index in [1.807, 2.05) is 11.8 Å². The van der Waals surface area contributed by atoms with E-state index in [0.717, 1.165) is 21.1 Å². The van der Waals surface area contributed by atoms with Crippen LogP contribution in [0.2, 0.25) is 0 Å². The molecule has 0 amide bonds. The molecule has 0 aliphatic heterocycles. The Labute approximate surface area is 141 Å². The second kappa shape index (κ2) is 7.66. The summed E-state index contributed by atoms with van der Waals surface area (Å²) in [6, 6.07) is 0. The monoisotopic (exact) mass is 345 g/mol. The molecule has 1 aliphatic rings. The summed E-state index contributed by atoms with van der Waals surface area (Å²) in [5, 5.41) is 9.14. The van der Waals surface area contributed by atoms with Crippen LogP contribution in [0, 0.1) is 17.3 Å². The van der Waals surface area contributed by atoms with Crippen LogP contribution in [-0.4, -0.2) is 28.2 Å². The summed E-state index contributed by atoms with van der Waals surface area (Å²) in [5.41, 5.74) is 6.45. The smallest absolute Gasteiger partial charge is 0.175 e. The summed E-state index contributed by atoms with van der Waals surface area (Å²) >= 11 is 5.31. The molecule has 1 aromatic rings. The van der Waals surface area contributed by atoms with Crippen LogP contribution in [0.4, 0.5) is 0 Å². The normalized spacial score (nSPS) is 27.0. The molecule has 2 rings (SSSR count). The lowest BCUT2D eigenvalue weighted by Crippen LogP contribution is -2.37. The van der Waals surface area contributed by atoms with Crippen molar-refractivity contribution in [2.45, 2.75) is 60.4 Å². The van der Waals surface area contributed by atoms with Crippen molar-refractivity contribution in [2.24, 2.45) is 23.0 Å². The first-order valence-electron chi connectivity index (χ1n) is 7.74. The summed E-state index contributed by atoms with van der Waals surface area (Å²) < 4.78 is 2.17. The molecule has 3 nitrogen and oxygen atoms in total. The predicted molar refractivity (Wildman–Crippen MR) is 95.3 cm³/mol. The van der Waals surface area contributed by atoms with Crippen LogP contribution in [0.5, 0.6) is 0 Å². The van der Waals surface area contributed by atoms with Crippen LogP contribution in [0.1, 0.15) is 46.5 Å². The number of thioether (sulfide) groups is 2. The lowest BCUT2D eigenvalue weighted by molar-refractivity contribution is 0.134. The molecule has 1 aliphatic carbocycles. The van der Waals surface area contributed by atoms with Crippen molar-refractivity contribution >= 4 is 34.9 Å². The molecule has 3 unspecified atom stereocenters. The van der Waals surface area contributed by atoms with Crippen LogP contribution in [0.15, 0.2) is 8.68 Å². The maximum Gasteiger partial charge on any atom is 0.175 e. The van der Waals surface area contributed by atoms with Gasteiger partial charge in [0.25, 0.3) is 0 Å². The van der Waals surface area contributed by atoms with Crippen molar-refractivity contribution in [3.63, 3.8) is 0 Å². The first-order valence-corrected chi connectivity index (χ1v) is 10.7. The molecule has 1 heterocycles. The maximum atomic E-state index is 6.02. The Balaban J connectivity index is 2.06. The van der Waals surface area contributed by atoms with E-state index in [2.05, 4.69) is 37.2 Å². The van der Waals surface area contributed by atoms with Gasteiger partial charge in [0.2, 0.25) is 0 Å². The second-order valence-electron chi connectivity index (χ2n) is 6.54. The third kappa shape index (κ3) is 4.36. The zero-order valence-corrected chi connectivity index (χ0v) is 15.9. The number of hydrogen-bond acceptors (Lipinski definition) is 6. The maximum absolute atomic E-state index is 6.02. The van der Waals surface area contributed by atoms with E-state index in [0.29, 0.717) is 16.6 Å². The van der Waals surface area contributed by atoms with Crippen LogP contribution >= 0.6 is 34.9 Å². The van der Waals surface area contributed by atoms with Crippen LogP contribution in [0.25, 0.3) is 0 Å². The van der Waals surface area contributed by atoms with E-state index in [1.165, 1.54) is 25.7 Å². The lowest BCUT2D eigenvalue weighted by Gasteiger charge is -2.42. The average Bonchev–Trinajstić information content (AvgIpc) is 2.94. The van der Waals surface area contributed by atoms with Crippen LogP contribution in [-0.2, 0) is 0 Å². The zero-order valence-electron chi connectivity index (χ0n) is 13.5. The topological polar surface area (TPSA) is 51.8 Å². The Morgan fingerprint density at radius 2 is 2.00 bits per heavy atom. The molecular weight excluding hydrogens is 318 g/mol. The minimum Gasteiger partial charge on any atom is -0.330 e. The molecule has 2 N–H and O–H groups in total. The van der Waals surface area contributed by atoms with Crippen molar-refractivity contribution in [2.75, 3.05) is 12.8 Å². The third-order valence-corrected chi connectivity index (χ3v) is 8.46. The fourth-order valence-electron chi connectivity index (χ4n) is 3.06. The molecule has 3 atom stereocenters. The van der Waals surface area contributed by atoms with Gasteiger partial charge in [0.1, 0.15) is 0 Å². The van der Waals surface area contributed by atoms with Gasteiger partial charge in [-0.1, -0.05) is 62.1 Å². The van der Waals surface area contributed by atoms with Crippen molar-refractivity contribution in [3.8, 4) is 0 Å². The molecule has 6 heteroatoms. The standard InChI is InChI=1S/C15H27N3S3/c1-5-15(2,3)11-7-6-10(9-16)12(8-11)20-14-18-17-13(19-4)21-14/h10-12H,5-9,16H2,1-4H3. The Hall–Kier alpha value is 0.220. The van der Waals surface area contributed by atoms with Gasteiger partial charge in [-0.15, -0.1) is 10.2 Å². The van der Waals surface area contributed by atoms with E-state index in [1.54, 1.807) is 23.1 Å². The van der Waals surface area contributed by atoms with Crippen LogP contribution in [0.3, 0.4) is 0 Å². The summed E-state index contributed by atoms with van der Waals surface area (Å²) in [6.07, 6.45) is 7.15. The van der Waals surface area contributed by atoms with E-state index >= 15 is 0 Å². The number of hydrogen-bond donors (Lipinski definition) is 1. The fourth-order valence-corrected chi connectivity index (χ4v) is 6.14. The summed E-state index contributed by atoms with van der Waals surface area (Å²) in [4.78, 5) is 0. The van der Waals surface area contributed by atoms with Gasteiger partial charge in [-0.2, -0.15) is 0 Å². The lowest BCUT2D eigenvalue weighted by atomic mass is 9.67. The minimum atomic E-state index is 0.434. The highest BCUT2D eigenvalue weighted by Gasteiger charge is 2.37. The molecule has 1 aromatic heterocycles. The van der Waals surface area contributed by atoms with Gasteiger partial charge in [0.15, 0.2) is 8.68 Å². The molecule has 0 radical (unpaired) electrons. The first-order chi connectivity index (χ1) is 10.00. The fraction of sp³-hybridized carbons (Fsp3) is 0.867. The quantitative estimate of drug-likeness (QED) is 0.768.